The summed E-state index contributed by atoms with van der Waals surface area (Å²) in [5.41, 5.74) is 12.0. The minimum Gasteiger partial charge on any atom is -0.455 e. The van der Waals surface area contributed by atoms with Crippen molar-refractivity contribution >= 4 is 43.7 Å². The first-order valence-corrected chi connectivity index (χ1v) is 13.2. The molecule has 3 heteroatoms. The smallest absolute Gasteiger partial charge is 0.145 e. The summed E-state index contributed by atoms with van der Waals surface area (Å²) in [6, 6.07) is 42.3. The van der Waals surface area contributed by atoms with Gasteiger partial charge >= 0.3 is 0 Å². The summed E-state index contributed by atoms with van der Waals surface area (Å²) < 4.78 is 6.74. The lowest BCUT2D eigenvalue weighted by Crippen LogP contribution is -1.96. The molecule has 0 amide bonds. The van der Waals surface area contributed by atoms with Crippen molar-refractivity contribution in [3.63, 3.8) is 0 Å². The Bertz CT molecular complexity index is 2270. The van der Waals surface area contributed by atoms with E-state index >= 15 is 0 Å². The third kappa shape index (κ3) is 2.82. The van der Waals surface area contributed by atoms with Crippen LogP contribution < -0.4 is 0 Å². The van der Waals surface area contributed by atoms with Crippen molar-refractivity contribution in [2.75, 3.05) is 0 Å². The molecule has 39 heavy (non-hydrogen) atoms. The molecule has 9 rings (SSSR count). The molecule has 6 aromatic carbocycles. The largest absolute Gasteiger partial charge is 0.455 e. The topological polar surface area (TPSA) is 38.9 Å². The summed E-state index contributed by atoms with van der Waals surface area (Å²) in [6.07, 6.45) is 0. The number of para-hydroxylation sites is 2. The van der Waals surface area contributed by atoms with E-state index in [2.05, 4.69) is 78.9 Å². The second kappa shape index (κ2) is 7.62. The molecule has 0 N–H and O–H groups in total. The van der Waals surface area contributed by atoms with E-state index in [9.17, 15) is 0 Å². The zero-order valence-corrected chi connectivity index (χ0v) is 20.8. The lowest BCUT2D eigenvalue weighted by molar-refractivity contribution is 0.670. The fourth-order valence-corrected chi connectivity index (χ4v) is 6.33. The van der Waals surface area contributed by atoms with Crippen LogP contribution in [0.4, 0.5) is 0 Å². The van der Waals surface area contributed by atoms with Crippen molar-refractivity contribution in [1.29, 1.82) is 0 Å². The molecule has 2 aromatic heterocycles. The molecule has 0 bridgehead atoms. The van der Waals surface area contributed by atoms with E-state index in [4.69, 9.17) is 14.4 Å². The van der Waals surface area contributed by atoms with E-state index < -0.39 is 0 Å². The highest BCUT2D eigenvalue weighted by Crippen LogP contribution is 2.51. The zero-order chi connectivity index (χ0) is 25.5. The van der Waals surface area contributed by atoms with Crippen LogP contribution in [-0.2, 0) is 0 Å². The number of benzene rings is 6. The van der Waals surface area contributed by atoms with Gasteiger partial charge in [0.2, 0.25) is 0 Å². The van der Waals surface area contributed by atoms with Crippen LogP contribution in [0.1, 0.15) is 0 Å². The van der Waals surface area contributed by atoms with Gasteiger partial charge in [-0.15, -0.1) is 0 Å². The lowest BCUT2D eigenvalue weighted by Gasteiger charge is -2.13. The van der Waals surface area contributed by atoms with E-state index in [0.717, 1.165) is 55.5 Å². The minimum atomic E-state index is 0.826. The Hall–Kier alpha value is -5.28. The van der Waals surface area contributed by atoms with Gasteiger partial charge in [-0.25, -0.2) is 9.97 Å². The number of nitrogens with zero attached hydrogens (tertiary/aromatic N) is 2. The molecule has 0 saturated heterocycles. The third-order valence-corrected chi connectivity index (χ3v) is 8.00. The number of hydrogen-bond acceptors (Lipinski definition) is 3. The van der Waals surface area contributed by atoms with Crippen LogP contribution in [0.5, 0.6) is 0 Å². The van der Waals surface area contributed by atoms with Gasteiger partial charge < -0.3 is 4.42 Å². The quantitative estimate of drug-likeness (QED) is 0.239. The third-order valence-electron chi connectivity index (χ3n) is 8.00. The van der Waals surface area contributed by atoms with Gasteiger partial charge in [-0.1, -0.05) is 97.1 Å². The Morgan fingerprint density at radius 1 is 0.410 bits per heavy atom. The fraction of sp³-hybridized carbons (Fsp3) is 0. The Balaban J connectivity index is 1.46. The summed E-state index contributed by atoms with van der Waals surface area (Å²) >= 11 is 0. The highest BCUT2D eigenvalue weighted by molar-refractivity contribution is 6.27. The molecule has 0 spiro atoms. The molecule has 0 radical (unpaired) electrons. The molecule has 0 atom stereocenters. The van der Waals surface area contributed by atoms with Gasteiger partial charge in [-0.05, 0) is 57.3 Å². The Morgan fingerprint density at radius 3 is 1.74 bits per heavy atom. The highest BCUT2D eigenvalue weighted by Gasteiger charge is 2.26. The molecule has 3 nitrogen and oxygen atoms in total. The van der Waals surface area contributed by atoms with Crippen LogP contribution in [0, 0.1) is 0 Å². The van der Waals surface area contributed by atoms with Crippen molar-refractivity contribution in [2.24, 2.45) is 0 Å². The average molecular weight is 497 g/mol. The van der Waals surface area contributed by atoms with Crippen LogP contribution in [0.3, 0.4) is 0 Å². The fourth-order valence-electron chi connectivity index (χ4n) is 6.33. The lowest BCUT2D eigenvalue weighted by atomic mass is 9.93. The zero-order valence-electron chi connectivity index (χ0n) is 20.8. The van der Waals surface area contributed by atoms with Gasteiger partial charge in [-0.3, -0.25) is 0 Å². The normalized spacial score (nSPS) is 12.1. The summed E-state index contributed by atoms with van der Waals surface area (Å²) in [4.78, 5) is 10.3. The average Bonchev–Trinajstić information content (AvgIpc) is 3.34. The van der Waals surface area contributed by atoms with Crippen LogP contribution in [-0.4, -0.2) is 9.97 Å². The van der Waals surface area contributed by atoms with Gasteiger partial charge in [0.15, 0.2) is 0 Å². The van der Waals surface area contributed by atoms with Gasteiger partial charge in [0, 0.05) is 21.9 Å². The van der Waals surface area contributed by atoms with Gasteiger partial charge in [-0.2, -0.15) is 0 Å². The van der Waals surface area contributed by atoms with Gasteiger partial charge in [0.1, 0.15) is 16.9 Å². The molecule has 180 valence electrons. The second-order valence-corrected chi connectivity index (χ2v) is 10.1. The van der Waals surface area contributed by atoms with Crippen molar-refractivity contribution in [3.8, 4) is 44.8 Å². The van der Waals surface area contributed by atoms with E-state index in [0.29, 0.717) is 0 Å². The second-order valence-electron chi connectivity index (χ2n) is 10.1. The molecule has 2 heterocycles. The van der Waals surface area contributed by atoms with E-state index in [1.54, 1.807) is 0 Å². The molecule has 0 aliphatic heterocycles. The molecule has 1 aliphatic rings. The maximum atomic E-state index is 6.74. The molecular formula is C36H20N2O. The van der Waals surface area contributed by atoms with Crippen molar-refractivity contribution < 1.29 is 4.42 Å². The molecule has 1 aliphatic carbocycles. The summed E-state index contributed by atoms with van der Waals surface area (Å²) in [6.45, 7) is 0. The Morgan fingerprint density at radius 2 is 1.00 bits per heavy atom. The Labute approximate surface area is 224 Å². The van der Waals surface area contributed by atoms with Crippen LogP contribution >= 0.6 is 0 Å². The summed E-state index contributed by atoms with van der Waals surface area (Å²) in [5.74, 6) is 0. The SMILES string of the molecule is c1ccc(-c2nc3ccccc3nc2-c2ccc3c4c2oc2cccc(c24)-c2cccc4cccc-3c24)cc1. The number of aromatic nitrogens is 2. The highest BCUT2D eigenvalue weighted by atomic mass is 16.3. The van der Waals surface area contributed by atoms with Crippen LogP contribution in [0.2, 0.25) is 0 Å². The number of furan rings is 1. The van der Waals surface area contributed by atoms with Gasteiger partial charge in [0.25, 0.3) is 0 Å². The number of hydrogen-bond donors (Lipinski definition) is 0. The first-order valence-electron chi connectivity index (χ1n) is 13.2. The summed E-state index contributed by atoms with van der Waals surface area (Å²) in [7, 11) is 0. The van der Waals surface area contributed by atoms with Crippen LogP contribution in [0.15, 0.2) is 126 Å². The molecule has 0 saturated carbocycles. The molecule has 0 unspecified atom stereocenters. The number of rotatable bonds is 2. The molecular weight excluding hydrogens is 476 g/mol. The maximum absolute atomic E-state index is 6.74. The number of fused-ring (bicyclic) bond motifs is 3. The van der Waals surface area contributed by atoms with E-state index in [1.807, 2.05) is 42.5 Å². The monoisotopic (exact) mass is 496 g/mol. The standard InChI is InChI=1S/C36H20N2O/c1-2-9-22(10-3-1)34-35(38-29-17-5-4-16-28(29)37-34)27-20-19-26-24-14-7-12-21-11-6-13-23(31(21)24)25-15-8-18-30-32(25)33(26)36(27)39-30/h1-20H. The van der Waals surface area contributed by atoms with Crippen molar-refractivity contribution in [1.82, 2.24) is 9.97 Å². The van der Waals surface area contributed by atoms with Crippen LogP contribution in [0.25, 0.3) is 88.5 Å². The minimum absolute atomic E-state index is 0.826. The Kier molecular flexibility index (Phi) is 4.05. The van der Waals surface area contributed by atoms with E-state index in [1.165, 1.54) is 33.0 Å². The molecule has 0 fully saturated rings. The first kappa shape index (κ1) is 20.7. The first-order chi connectivity index (χ1) is 19.3. The van der Waals surface area contributed by atoms with E-state index in [-0.39, 0.29) is 0 Å². The summed E-state index contributed by atoms with van der Waals surface area (Å²) in [5, 5.41) is 4.82. The van der Waals surface area contributed by atoms with Gasteiger partial charge in [0.05, 0.1) is 16.7 Å². The van der Waals surface area contributed by atoms with Crippen molar-refractivity contribution in [3.05, 3.63) is 121 Å². The maximum Gasteiger partial charge on any atom is 0.145 e. The predicted octanol–water partition coefficient (Wildman–Crippen LogP) is 9.66. The van der Waals surface area contributed by atoms with Crippen molar-refractivity contribution in [2.45, 2.75) is 0 Å². The molecule has 8 aromatic rings. The predicted molar refractivity (Wildman–Crippen MR) is 160 cm³/mol.